The maximum Gasteiger partial charge on any atom is 0.342 e. The number of hydrogen-bond donors (Lipinski definition) is 3. The Kier molecular flexibility index (Phi) is 10.4. The Morgan fingerprint density at radius 1 is 1.15 bits per heavy atom. The van der Waals surface area contributed by atoms with Gasteiger partial charge < -0.3 is 29.6 Å². The second kappa shape index (κ2) is 14.4. The molecule has 0 aliphatic heterocycles. The van der Waals surface area contributed by atoms with Crippen molar-refractivity contribution in [3.05, 3.63) is 85.2 Å². The van der Waals surface area contributed by atoms with Crippen LogP contribution in [0.3, 0.4) is 0 Å². The Hall–Kier alpha value is -4.25. The number of nitrogen functional groups attached to an aromatic ring is 1. The molecule has 2 aromatic carbocycles. The zero-order valence-corrected chi connectivity index (χ0v) is 23.7. The molecule has 0 fully saturated rings. The number of nitrogens with two attached hydrogens (primary N) is 1. The highest BCUT2D eigenvalue weighted by Gasteiger charge is 2.33. The van der Waals surface area contributed by atoms with Crippen molar-refractivity contribution in [3.8, 4) is 5.75 Å². The van der Waals surface area contributed by atoms with Crippen molar-refractivity contribution in [2.24, 2.45) is 0 Å². The summed E-state index contributed by atoms with van der Waals surface area (Å²) in [6.45, 7) is 6.57. The minimum atomic E-state index is -3.76. The average Bonchev–Trinajstić information content (AvgIpc) is 3.37. The maximum atomic E-state index is 14.1. The van der Waals surface area contributed by atoms with Crippen molar-refractivity contribution in [2.75, 3.05) is 37.2 Å². The van der Waals surface area contributed by atoms with Gasteiger partial charge >= 0.3 is 13.5 Å². The van der Waals surface area contributed by atoms with Crippen LogP contribution in [0.15, 0.2) is 79.6 Å². The van der Waals surface area contributed by atoms with Gasteiger partial charge in [0.15, 0.2) is 17.0 Å². The molecular formula is C28H34N7O5P. The van der Waals surface area contributed by atoms with Crippen LogP contribution in [0.4, 0.5) is 11.8 Å². The van der Waals surface area contributed by atoms with Crippen LogP contribution in [-0.4, -0.2) is 57.6 Å². The highest BCUT2D eigenvalue weighted by molar-refractivity contribution is 7.57. The Morgan fingerprint density at radius 2 is 1.88 bits per heavy atom. The monoisotopic (exact) mass is 579 g/mol. The van der Waals surface area contributed by atoms with Crippen LogP contribution >= 0.6 is 7.52 Å². The zero-order valence-electron chi connectivity index (χ0n) is 22.8. The molecular weight excluding hydrogens is 545 g/mol. The lowest BCUT2D eigenvalue weighted by atomic mass is 10.1. The van der Waals surface area contributed by atoms with Crippen LogP contribution in [0.2, 0.25) is 0 Å². The van der Waals surface area contributed by atoms with Crippen LogP contribution in [0.1, 0.15) is 12.5 Å². The molecule has 0 aliphatic carbocycles. The summed E-state index contributed by atoms with van der Waals surface area (Å²) in [4.78, 5) is 25.8. The summed E-state index contributed by atoms with van der Waals surface area (Å²) in [5.74, 6) is 0.443. The number of carbonyl (C=O) groups is 1. The lowest BCUT2D eigenvalue weighted by Crippen LogP contribution is -2.39. The highest BCUT2D eigenvalue weighted by atomic mass is 31.2. The molecule has 4 N–H and O–H groups in total. The van der Waals surface area contributed by atoms with Crippen molar-refractivity contribution in [3.63, 3.8) is 0 Å². The largest absolute Gasteiger partial charge is 0.465 e. The highest BCUT2D eigenvalue weighted by Crippen LogP contribution is 2.44. The number of nitrogens with one attached hydrogen (secondary N) is 2. The van der Waals surface area contributed by atoms with Crippen LogP contribution < -0.4 is 20.7 Å². The summed E-state index contributed by atoms with van der Waals surface area (Å²) >= 11 is 0. The van der Waals surface area contributed by atoms with E-state index in [2.05, 4.69) is 31.9 Å². The second-order valence-corrected chi connectivity index (χ2v) is 11.0. The molecule has 2 heterocycles. The van der Waals surface area contributed by atoms with Crippen molar-refractivity contribution >= 4 is 36.4 Å². The van der Waals surface area contributed by atoms with Crippen molar-refractivity contribution < 1.29 is 23.4 Å². The lowest BCUT2D eigenvalue weighted by Gasteiger charge is -2.25. The van der Waals surface area contributed by atoms with Gasteiger partial charge in [0.2, 0.25) is 5.95 Å². The minimum Gasteiger partial charge on any atom is -0.465 e. The molecule has 0 spiro atoms. The molecule has 12 nitrogen and oxygen atoms in total. The normalized spacial score (nSPS) is 13.3. The van der Waals surface area contributed by atoms with Crippen LogP contribution in [0.25, 0.3) is 11.2 Å². The van der Waals surface area contributed by atoms with Gasteiger partial charge in [0.25, 0.3) is 0 Å². The van der Waals surface area contributed by atoms with Gasteiger partial charge in [-0.2, -0.15) is 9.97 Å². The SMILES string of the molecule is C=CCNc1nc(N)nc2c1ncn2CCOCP(=O)(NC(Cc1ccccc1)C(=O)OCC)Oc1ccccc1. The molecule has 2 unspecified atom stereocenters. The molecule has 4 rings (SSSR count). The lowest BCUT2D eigenvalue weighted by molar-refractivity contribution is -0.145. The topological polar surface area (TPSA) is 156 Å². The van der Waals surface area contributed by atoms with E-state index in [9.17, 15) is 9.36 Å². The number of para-hydroxylation sites is 1. The number of esters is 1. The number of nitrogens with zero attached hydrogens (tertiary/aromatic N) is 4. The van der Waals surface area contributed by atoms with Crippen molar-refractivity contribution in [1.29, 1.82) is 0 Å². The number of rotatable bonds is 16. The van der Waals surface area contributed by atoms with Gasteiger partial charge in [-0.3, -0.25) is 9.36 Å². The van der Waals surface area contributed by atoms with Crippen LogP contribution in [-0.2, 0) is 31.8 Å². The number of fused-ring (bicyclic) bond motifs is 1. The molecule has 13 heteroatoms. The number of aromatic nitrogens is 4. The summed E-state index contributed by atoms with van der Waals surface area (Å²) in [6.07, 6.45) is 3.26. The predicted molar refractivity (Wildman–Crippen MR) is 158 cm³/mol. The first kappa shape index (κ1) is 29.7. The van der Waals surface area contributed by atoms with E-state index in [-0.39, 0.29) is 31.9 Å². The van der Waals surface area contributed by atoms with Crippen molar-refractivity contribution in [2.45, 2.75) is 25.9 Å². The number of hydrogen-bond acceptors (Lipinski definition) is 10. The fraction of sp³-hybridized carbons (Fsp3) is 0.286. The van der Waals surface area contributed by atoms with E-state index in [1.54, 1.807) is 48.2 Å². The Morgan fingerprint density at radius 3 is 2.59 bits per heavy atom. The fourth-order valence-electron chi connectivity index (χ4n) is 4.02. The van der Waals surface area contributed by atoms with Crippen LogP contribution in [0, 0.1) is 0 Å². The smallest absolute Gasteiger partial charge is 0.342 e. The van der Waals surface area contributed by atoms with Gasteiger partial charge in [-0.15, -0.1) is 6.58 Å². The molecule has 4 aromatic rings. The third kappa shape index (κ3) is 8.37. The average molecular weight is 580 g/mol. The summed E-state index contributed by atoms with van der Waals surface area (Å²) in [5.41, 5.74) is 7.85. The van der Waals surface area contributed by atoms with Gasteiger partial charge in [-0.1, -0.05) is 54.6 Å². The fourth-order valence-corrected chi connectivity index (χ4v) is 5.70. The number of ether oxygens (including phenoxy) is 2. The summed E-state index contributed by atoms with van der Waals surface area (Å²) in [6, 6.07) is 17.2. The van der Waals surface area contributed by atoms with E-state index in [4.69, 9.17) is 19.7 Å². The zero-order chi connectivity index (χ0) is 29.1. The standard InChI is InChI=1S/C28H34N7O5P/c1-3-15-30-25-24-26(33-28(29)32-25)35(19-31-24)16-17-38-20-41(37,40-22-13-9-6-10-14-22)34-23(27(36)39-4-2)18-21-11-7-5-8-12-21/h3,5-14,19,23H,1,4,15-18,20H2,2H3,(H,34,37)(H3,29,30,32,33). The molecule has 41 heavy (non-hydrogen) atoms. The third-order valence-corrected chi connectivity index (χ3v) is 7.57. The van der Waals surface area contributed by atoms with Gasteiger partial charge in [0.05, 0.1) is 19.5 Å². The number of benzene rings is 2. The molecule has 0 amide bonds. The number of anilines is 2. The first-order valence-electron chi connectivity index (χ1n) is 13.1. The maximum absolute atomic E-state index is 14.1. The molecule has 2 atom stereocenters. The number of imidazole rings is 1. The molecule has 2 aromatic heterocycles. The third-order valence-electron chi connectivity index (χ3n) is 5.84. The van der Waals surface area contributed by atoms with E-state index in [0.29, 0.717) is 35.8 Å². The Labute approximate surface area is 238 Å². The van der Waals surface area contributed by atoms with Crippen LogP contribution in [0.5, 0.6) is 5.75 Å². The molecule has 0 saturated heterocycles. The van der Waals surface area contributed by atoms with E-state index < -0.39 is 19.5 Å². The Bertz CT molecular complexity index is 1480. The molecule has 216 valence electrons. The second-order valence-electron chi connectivity index (χ2n) is 8.95. The molecule has 0 radical (unpaired) electrons. The minimum absolute atomic E-state index is 0.0973. The van der Waals surface area contributed by atoms with E-state index >= 15 is 0 Å². The number of carbonyl (C=O) groups excluding carboxylic acids is 1. The summed E-state index contributed by atoms with van der Waals surface area (Å²) < 4.78 is 32.9. The van der Waals surface area contributed by atoms with E-state index in [1.807, 2.05) is 36.4 Å². The molecule has 0 bridgehead atoms. The summed E-state index contributed by atoms with van der Waals surface area (Å²) in [7, 11) is -3.76. The summed E-state index contributed by atoms with van der Waals surface area (Å²) in [5, 5.41) is 6.03. The first-order valence-corrected chi connectivity index (χ1v) is 14.9. The molecule has 0 aliphatic rings. The van der Waals surface area contributed by atoms with E-state index in [1.165, 1.54) is 0 Å². The molecule has 0 saturated carbocycles. The van der Waals surface area contributed by atoms with Crippen molar-refractivity contribution in [1.82, 2.24) is 24.6 Å². The first-order chi connectivity index (χ1) is 19.9. The van der Waals surface area contributed by atoms with Gasteiger partial charge in [0, 0.05) is 13.1 Å². The predicted octanol–water partition coefficient (Wildman–Crippen LogP) is 4.02. The van der Waals surface area contributed by atoms with Gasteiger partial charge in [-0.05, 0) is 31.0 Å². The van der Waals surface area contributed by atoms with E-state index in [0.717, 1.165) is 5.56 Å². The van der Waals surface area contributed by atoms with Gasteiger partial charge in [0.1, 0.15) is 18.1 Å². The quantitative estimate of drug-likeness (QED) is 0.0763. The van der Waals surface area contributed by atoms with Gasteiger partial charge in [-0.25, -0.2) is 10.1 Å². The Balaban J connectivity index is 1.48.